The van der Waals surface area contributed by atoms with Crippen LogP contribution in [0.3, 0.4) is 0 Å². The molecule has 0 heterocycles. The van der Waals surface area contributed by atoms with Gasteiger partial charge < -0.3 is 14.8 Å². The van der Waals surface area contributed by atoms with Crippen molar-refractivity contribution in [2.24, 2.45) is 5.92 Å². The van der Waals surface area contributed by atoms with Gasteiger partial charge >= 0.3 is 5.97 Å². The quantitative estimate of drug-likeness (QED) is 0.256. The van der Waals surface area contributed by atoms with E-state index < -0.39 is 10.0 Å². The molecule has 148 valence electrons. The van der Waals surface area contributed by atoms with Gasteiger partial charge in [-0.15, -0.1) is 0 Å². The van der Waals surface area contributed by atoms with Crippen LogP contribution in [0.15, 0.2) is 23.1 Å². The first kappa shape index (κ1) is 21.9. The van der Waals surface area contributed by atoms with Gasteiger partial charge in [-0.3, -0.25) is 4.79 Å². The van der Waals surface area contributed by atoms with Crippen molar-refractivity contribution < 1.29 is 22.7 Å². The summed E-state index contributed by atoms with van der Waals surface area (Å²) in [5, 5.41) is 3.02. The Hall–Kier alpha value is -1.35. The number of benzene rings is 1. The third-order valence-corrected chi connectivity index (χ3v) is 6.26. The lowest BCUT2D eigenvalue weighted by Gasteiger charge is -2.27. The first-order valence-corrected chi connectivity index (χ1v) is 11.1. The molecule has 1 aromatic carbocycles. The highest BCUT2D eigenvalue weighted by Crippen LogP contribution is 2.27. The summed E-state index contributed by atoms with van der Waals surface area (Å²) in [5.41, 5.74) is 1.29. The number of hydrogen-bond donors (Lipinski definition) is 2. The van der Waals surface area contributed by atoms with Gasteiger partial charge in [-0.25, -0.2) is 13.1 Å². The van der Waals surface area contributed by atoms with E-state index >= 15 is 0 Å². The zero-order valence-corrected chi connectivity index (χ0v) is 18.2. The predicted molar refractivity (Wildman–Crippen MR) is 111 cm³/mol. The lowest BCUT2D eigenvalue weighted by molar-refractivity contribution is -0.146. The maximum atomic E-state index is 12.8. The maximum absolute atomic E-state index is 12.8. The molecule has 0 atom stereocenters. The normalized spacial score (nSPS) is 19.7. The lowest BCUT2D eigenvalue weighted by atomic mass is 9.86. The summed E-state index contributed by atoms with van der Waals surface area (Å²) in [6, 6.07) is 4.57. The summed E-state index contributed by atoms with van der Waals surface area (Å²) in [6.45, 7) is 0.240. The number of methoxy groups -OCH3 is 2. The summed E-state index contributed by atoms with van der Waals surface area (Å²) in [7, 11) is -0.761. The molecule has 0 unspecified atom stereocenters. The number of halogens is 1. The number of anilines is 1. The third kappa shape index (κ3) is 6.07. The number of hydrogen-bond acceptors (Lipinski definition) is 6. The molecule has 0 bridgehead atoms. The molecular formula is C18H23IN2O5S. The fraction of sp³-hybridized carbons (Fsp3) is 0.500. The largest absolute Gasteiger partial charge is 0.469 e. The monoisotopic (exact) mass is 506 g/mol. The number of ether oxygens (including phenoxy) is 2. The highest BCUT2D eigenvalue weighted by molar-refractivity contribution is 14.1. The fourth-order valence-corrected chi connectivity index (χ4v) is 4.67. The molecule has 1 aromatic rings. The zero-order valence-electron chi connectivity index (χ0n) is 15.2. The summed E-state index contributed by atoms with van der Waals surface area (Å²) < 4.78 is 40.8. The van der Waals surface area contributed by atoms with E-state index in [4.69, 9.17) is 9.47 Å². The molecule has 0 radical (unpaired) electrons. The van der Waals surface area contributed by atoms with E-state index in [0.29, 0.717) is 36.9 Å². The Kier molecular flexibility index (Phi) is 8.34. The van der Waals surface area contributed by atoms with Crippen molar-refractivity contribution in [1.82, 2.24) is 4.72 Å². The van der Waals surface area contributed by atoms with Crippen LogP contribution >= 0.6 is 22.6 Å². The van der Waals surface area contributed by atoms with Crippen molar-refractivity contribution in [3.8, 4) is 9.85 Å². The molecule has 1 fully saturated rings. The third-order valence-electron chi connectivity index (χ3n) is 4.47. The number of sulfonamides is 1. The Morgan fingerprint density at radius 2 is 1.96 bits per heavy atom. The van der Waals surface area contributed by atoms with Crippen LogP contribution in [0.5, 0.6) is 0 Å². The van der Waals surface area contributed by atoms with E-state index in [1.165, 1.54) is 13.2 Å². The van der Waals surface area contributed by atoms with Crippen LogP contribution in [0.1, 0.15) is 31.2 Å². The van der Waals surface area contributed by atoms with Gasteiger partial charge in [0.2, 0.25) is 10.0 Å². The van der Waals surface area contributed by atoms with E-state index in [0.717, 1.165) is 0 Å². The van der Waals surface area contributed by atoms with E-state index in [2.05, 4.69) is 19.9 Å². The van der Waals surface area contributed by atoms with Crippen LogP contribution in [0.2, 0.25) is 0 Å². The Bertz CT molecular complexity index is 824. The summed E-state index contributed by atoms with van der Waals surface area (Å²) in [4.78, 5) is 11.8. The van der Waals surface area contributed by atoms with Gasteiger partial charge in [-0.2, -0.15) is 0 Å². The van der Waals surface area contributed by atoms with Gasteiger partial charge in [0, 0.05) is 41.3 Å². The first-order chi connectivity index (χ1) is 12.9. The molecule has 1 aliphatic carbocycles. The minimum absolute atomic E-state index is 0.147. The van der Waals surface area contributed by atoms with E-state index in [9.17, 15) is 13.2 Å². The Labute approximate surface area is 173 Å². The van der Waals surface area contributed by atoms with Gasteiger partial charge in [0.1, 0.15) is 6.73 Å². The average molecular weight is 506 g/mol. The molecule has 9 heteroatoms. The van der Waals surface area contributed by atoms with Gasteiger partial charge in [0.05, 0.1) is 23.6 Å². The van der Waals surface area contributed by atoms with E-state index in [-0.39, 0.29) is 29.6 Å². The van der Waals surface area contributed by atoms with Crippen LogP contribution < -0.4 is 10.0 Å². The van der Waals surface area contributed by atoms with Gasteiger partial charge in [-0.1, -0.05) is 5.92 Å². The molecule has 1 saturated carbocycles. The highest BCUT2D eigenvalue weighted by atomic mass is 127. The molecule has 0 saturated heterocycles. The van der Waals surface area contributed by atoms with Crippen molar-refractivity contribution in [3.63, 3.8) is 0 Å². The fourth-order valence-electron chi connectivity index (χ4n) is 3.05. The van der Waals surface area contributed by atoms with Crippen LogP contribution in [0.4, 0.5) is 5.69 Å². The highest BCUT2D eigenvalue weighted by Gasteiger charge is 2.29. The number of carbonyl (C=O) groups excluding carboxylic acids is 1. The molecule has 1 aliphatic rings. The van der Waals surface area contributed by atoms with Crippen molar-refractivity contribution in [3.05, 3.63) is 23.8 Å². The minimum Gasteiger partial charge on any atom is -0.469 e. The van der Waals surface area contributed by atoms with Crippen molar-refractivity contribution in [1.29, 1.82) is 0 Å². The van der Waals surface area contributed by atoms with Crippen LogP contribution in [-0.4, -0.2) is 41.4 Å². The van der Waals surface area contributed by atoms with Crippen LogP contribution in [-0.2, 0) is 24.3 Å². The van der Waals surface area contributed by atoms with Crippen molar-refractivity contribution >= 4 is 44.3 Å². The Balaban J connectivity index is 2.12. The van der Waals surface area contributed by atoms with Gasteiger partial charge in [0.15, 0.2) is 0 Å². The number of esters is 1. The zero-order chi connectivity index (χ0) is 19.9. The second-order valence-corrected chi connectivity index (χ2v) is 8.48. The number of rotatable bonds is 7. The van der Waals surface area contributed by atoms with Gasteiger partial charge in [0.25, 0.3) is 0 Å². The second-order valence-electron chi connectivity index (χ2n) is 6.23. The molecule has 0 aliphatic heterocycles. The second kappa shape index (κ2) is 10.3. The smallest absolute Gasteiger partial charge is 0.308 e. The summed E-state index contributed by atoms with van der Waals surface area (Å²) in [5.74, 6) is 2.55. The predicted octanol–water partition coefficient (Wildman–Crippen LogP) is 2.46. The van der Waals surface area contributed by atoms with Crippen molar-refractivity contribution in [2.75, 3.05) is 26.3 Å². The topological polar surface area (TPSA) is 93.7 Å². The Morgan fingerprint density at radius 3 is 2.56 bits per heavy atom. The SMILES string of the molecule is COCNc1cc(S(=O)(=O)NC2CCC(C(=O)OC)CC2)ccc1C#CI. The molecule has 7 nitrogen and oxygen atoms in total. The Morgan fingerprint density at radius 1 is 1.26 bits per heavy atom. The average Bonchev–Trinajstić information content (AvgIpc) is 2.67. The molecule has 2 N–H and O–H groups in total. The lowest BCUT2D eigenvalue weighted by Crippen LogP contribution is -2.38. The van der Waals surface area contributed by atoms with E-state index in [1.54, 1.807) is 19.2 Å². The first-order valence-electron chi connectivity index (χ1n) is 8.50. The molecule has 27 heavy (non-hydrogen) atoms. The van der Waals surface area contributed by atoms with Crippen molar-refractivity contribution in [2.45, 2.75) is 36.6 Å². The molecule has 2 rings (SSSR count). The van der Waals surface area contributed by atoms with E-state index in [1.807, 2.05) is 22.6 Å². The summed E-state index contributed by atoms with van der Waals surface area (Å²) >= 11 is 1.93. The standard InChI is InChI=1S/C18H23IN2O5S/c1-25-12-20-17-11-16(8-5-13(17)9-10-19)27(23,24)21-15-6-3-14(4-7-15)18(22)26-2/h5,8,11,14-15,20-21H,3-4,6-7,12H2,1-2H3. The minimum atomic E-state index is -3.68. The number of carbonyl (C=O) groups is 1. The summed E-state index contributed by atoms with van der Waals surface area (Å²) in [6.07, 6.45) is 2.44. The number of nitrogens with one attached hydrogen (secondary N) is 2. The van der Waals surface area contributed by atoms with Crippen LogP contribution in [0, 0.1) is 15.8 Å². The molecule has 0 spiro atoms. The van der Waals surface area contributed by atoms with Crippen LogP contribution in [0.25, 0.3) is 0 Å². The molecular weight excluding hydrogens is 483 g/mol. The molecule has 0 amide bonds. The van der Waals surface area contributed by atoms with Gasteiger partial charge in [-0.05, 0) is 47.8 Å². The molecule has 0 aromatic heterocycles. The maximum Gasteiger partial charge on any atom is 0.308 e.